The number of aromatic hydroxyl groups is 1. The zero-order chi connectivity index (χ0) is 15.6. The van der Waals surface area contributed by atoms with E-state index >= 15 is 0 Å². The molecule has 0 spiro atoms. The van der Waals surface area contributed by atoms with Gasteiger partial charge in [0.15, 0.2) is 11.6 Å². The second kappa shape index (κ2) is 9.00. The fraction of sp³-hybridized carbons (Fsp3) is 0.412. The summed E-state index contributed by atoms with van der Waals surface area (Å²) in [4.78, 5) is 8.55. The van der Waals surface area contributed by atoms with Crippen molar-refractivity contribution in [3.05, 3.63) is 36.7 Å². The molecule has 0 unspecified atom stereocenters. The van der Waals surface area contributed by atoms with Crippen molar-refractivity contribution < 1.29 is 14.6 Å². The number of benzene rings is 1. The molecule has 5 nitrogen and oxygen atoms in total. The zero-order valence-corrected chi connectivity index (χ0v) is 12.9. The summed E-state index contributed by atoms with van der Waals surface area (Å²) in [7, 11) is 0. The summed E-state index contributed by atoms with van der Waals surface area (Å²) in [6.45, 7) is 4.35. The van der Waals surface area contributed by atoms with E-state index in [1.165, 1.54) is 0 Å². The first kappa shape index (κ1) is 16.2. The van der Waals surface area contributed by atoms with Crippen LogP contribution in [0.25, 0.3) is 11.4 Å². The van der Waals surface area contributed by atoms with Crippen molar-refractivity contribution in [2.75, 3.05) is 19.8 Å². The number of aromatic nitrogens is 2. The minimum Gasteiger partial charge on any atom is -0.508 e. The van der Waals surface area contributed by atoms with Gasteiger partial charge in [-0.05, 0) is 43.5 Å². The Kier molecular flexibility index (Phi) is 6.64. The van der Waals surface area contributed by atoms with Crippen LogP contribution in [0.15, 0.2) is 36.7 Å². The molecule has 0 aliphatic heterocycles. The largest absolute Gasteiger partial charge is 0.508 e. The maximum absolute atomic E-state index is 9.27. The van der Waals surface area contributed by atoms with Crippen LogP contribution in [0.3, 0.4) is 0 Å². The van der Waals surface area contributed by atoms with Gasteiger partial charge in [-0.15, -0.1) is 0 Å². The van der Waals surface area contributed by atoms with Crippen molar-refractivity contribution >= 4 is 0 Å². The highest BCUT2D eigenvalue weighted by Crippen LogP contribution is 2.19. The summed E-state index contributed by atoms with van der Waals surface area (Å²) >= 11 is 0. The van der Waals surface area contributed by atoms with E-state index in [9.17, 15) is 5.11 Å². The topological polar surface area (TPSA) is 64.5 Å². The lowest BCUT2D eigenvalue weighted by molar-refractivity contribution is 0.127. The molecule has 1 aromatic heterocycles. The van der Waals surface area contributed by atoms with Crippen LogP contribution in [0.2, 0.25) is 0 Å². The molecule has 0 aliphatic carbocycles. The van der Waals surface area contributed by atoms with Crippen LogP contribution >= 0.6 is 0 Å². The van der Waals surface area contributed by atoms with Gasteiger partial charge in [0.25, 0.3) is 0 Å². The van der Waals surface area contributed by atoms with Crippen LogP contribution in [0.1, 0.15) is 26.2 Å². The summed E-state index contributed by atoms with van der Waals surface area (Å²) in [5, 5.41) is 9.27. The first-order valence-corrected chi connectivity index (χ1v) is 7.61. The van der Waals surface area contributed by atoms with E-state index in [1.807, 2.05) is 0 Å². The van der Waals surface area contributed by atoms with Crippen molar-refractivity contribution in [2.24, 2.45) is 0 Å². The summed E-state index contributed by atoms with van der Waals surface area (Å²) in [5.74, 6) is 1.50. The molecule has 0 saturated carbocycles. The van der Waals surface area contributed by atoms with Crippen LogP contribution in [-0.4, -0.2) is 34.9 Å². The van der Waals surface area contributed by atoms with E-state index in [-0.39, 0.29) is 5.75 Å². The molecule has 0 aliphatic rings. The van der Waals surface area contributed by atoms with Gasteiger partial charge in [0.1, 0.15) is 5.75 Å². The minimum atomic E-state index is 0.228. The summed E-state index contributed by atoms with van der Waals surface area (Å²) in [6, 6.07) is 6.79. The third-order valence-corrected chi connectivity index (χ3v) is 3.05. The lowest BCUT2D eigenvalue weighted by Gasteiger charge is -2.06. The van der Waals surface area contributed by atoms with Gasteiger partial charge in [0.2, 0.25) is 0 Å². The van der Waals surface area contributed by atoms with E-state index in [1.54, 1.807) is 36.7 Å². The molecule has 118 valence electrons. The summed E-state index contributed by atoms with van der Waals surface area (Å²) < 4.78 is 11.0. The van der Waals surface area contributed by atoms with Gasteiger partial charge in [-0.1, -0.05) is 6.92 Å². The van der Waals surface area contributed by atoms with E-state index < -0.39 is 0 Å². The third kappa shape index (κ3) is 5.33. The number of nitrogens with zero attached hydrogens (tertiary/aromatic N) is 2. The quantitative estimate of drug-likeness (QED) is 0.719. The van der Waals surface area contributed by atoms with Crippen molar-refractivity contribution in [1.82, 2.24) is 9.97 Å². The Hall–Kier alpha value is -2.14. The van der Waals surface area contributed by atoms with Gasteiger partial charge < -0.3 is 14.6 Å². The van der Waals surface area contributed by atoms with Crippen molar-refractivity contribution in [3.63, 3.8) is 0 Å². The fourth-order valence-electron chi connectivity index (χ4n) is 1.89. The number of phenols is 1. The van der Waals surface area contributed by atoms with Gasteiger partial charge in [-0.3, -0.25) is 0 Å². The Bertz CT molecular complexity index is 541. The Balaban J connectivity index is 1.74. The molecule has 5 heteroatoms. The van der Waals surface area contributed by atoms with Crippen LogP contribution in [0.5, 0.6) is 11.5 Å². The molecule has 2 aromatic rings. The Morgan fingerprint density at radius 2 is 1.64 bits per heavy atom. The third-order valence-electron chi connectivity index (χ3n) is 3.05. The molecule has 0 fully saturated rings. The number of hydrogen-bond acceptors (Lipinski definition) is 5. The molecule has 1 N–H and O–H groups in total. The van der Waals surface area contributed by atoms with Crippen LogP contribution < -0.4 is 4.74 Å². The van der Waals surface area contributed by atoms with Crippen molar-refractivity contribution in [1.29, 1.82) is 0 Å². The van der Waals surface area contributed by atoms with E-state index in [2.05, 4.69) is 16.9 Å². The molecule has 1 aromatic carbocycles. The molecular weight excluding hydrogens is 280 g/mol. The highest BCUT2D eigenvalue weighted by Gasteiger charge is 2.02. The average molecular weight is 302 g/mol. The van der Waals surface area contributed by atoms with E-state index in [4.69, 9.17) is 9.47 Å². The number of unbranched alkanes of at least 4 members (excludes halogenated alkanes) is 1. The molecular formula is C17H22N2O3. The van der Waals surface area contributed by atoms with Crippen LogP contribution in [0, 0.1) is 0 Å². The Morgan fingerprint density at radius 3 is 2.32 bits per heavy atom. The fourth-order valence-corrected chi connectivity index (χ4v) is 1.89. The van der Waals surface area contributed by atoms with Crippen LogP contribution in [-0.2, 0) is 4.74 Å². The second-order valence-electron chi connectivity index (χ2n) is 4.96. The van der Waals surface area contributed by atoms with E-state index in [0.29, 0.717) is 18.2 Å². The smallest absolute Gasteiger partial charge is 0.159 e. The predicted octanol–water partition coefficient (Wildman–Crippen LogP) is 3.43. The maximum atomic E-state index is 9.27. The second-order valence-corrected chi connectivity index (χ2v) is 4.96. The number of hydrogen-bond donors (Lipinski definition) is 1. The average Bonchev–Trinajstić information content (AvgIpc) is 2.55. The number of phenolic OH excluding ortho intramolecular Hbond substituents is 1. The maximum Gasteiger partial charge on any atom is 0.159 e. The van der Waals surface area contributed by atoms with Crippen LogP contribution in [0.4, 0.5) is 0 Å². The lowest BCUT2D eigenvalue weighted by atomic mass is 10.2. The number of rotatable bonds is 9. The first-order valence-electron chi connectivity index (χ1n) is 7.61. The Morgan fingerprint density at radius 1 is 0.955 bits per heavy atom. The van der Waals surface area contributed by atoms with E-state index in [0.717, 1.165) is 38.0 Å². The molecule has 0 saturated heterocycles. The highest BCUT2D eigenvalue weighted by atomic mass is 16.5. The highest BCUT2D eigenvalue weighted by molar-refractivity contribution is 5.55. The van der Waals surface area contributed by atoms with Gasteiger partial charge in [-0.25, -0.2) is 9.97 Å². The van der Waals surface area contributed by atoms with Gasteiger partial charge in [0, 0.05) is 18.8 Å². The molecule has 2 rings (SSSR count). The molecule has 22 heavy (non-hydrogen) atoms. The van der Waals surface area contributed by atoms with Crippen molar-refractivity contribution in [2.45, 2.75) is 26.2 Å². The molecule has 0 bridgehead atoms. The minimum absolute atomic E-state index is 0.228. The normalized spacial score (nSPS) is 10.6. The summed E-state index contributed by atoms with van der Waals surface area (Å²) in [5.41, 5.74) is 0.859. The molecule has 1 heterocycles. The van der Waals surface area contributed by atoms with Crippen molar-refractivity contribution in [3.8, 4) is 22.9 Å². The Labute approximate surface area is 131 Å². The van der Waals surface area contributed by atoms with Gasteiger partial charge >= 0.3 is 0 Å². The molecule has 0 amide bonds. The lowest BCUT2D eigenvalue weighted by Crippen LogP contribution is -2.02. The van der Waals surface area contributed by atoms with Gasteiger partial charge in [-0.2, -0.15) is 0 Å². The molecule has 0 atom stereocenters. The standard InChI is InChI=1S/C17H22N2O3/c1-2-9-21-10-3-4-11-22-16-12-18-17(19-13-16)14-5-7-15(20)8-6-14/h5-8,12-13,20H,2-4,9-11H2,1H3. The zero-order valence-electron chi connectivity index (χ0n) is 12.9. The monoisotopic (exact) mass is 302 g/mol. The molecule has 0 radical (unpaired) electrons. The summed E-state index contributed by atoms with van der Waals surface area (Å²) in [6.07, 6.45) is 6.34. The first-order chi connectivity index (χ1) is 10.8. The SMILES string of the molecule is CCCOCCCCOc1cnc(-c2ccc(O)cc2)nc1. The number of ether oxygens (including phenoxy) is 2. The predicted molar refractivity (Wildman–Crippen MR) is 85.0 cm³/mol. The van der Waals surface area contributed by atoms with Gasteiger partial charge in [0.05, 0.1) is 19.0 Å².